The van der Waals surface area contributed by atoms with Crippen LogP contribution in [0, 0.1) is 5.41 Å². The first-order valence-corrected chi connectivity index (χ1v) is 5.73. The van der Waals surface area contributed by atoms with Gasteiger partial charge in [0.25, 0.3) is 0 Å². The fourth-order valence-electron chi connectivity index (χ4n) is 2.52. The lowest BCUT2D eigenvalue weighted by atomic mass is 9.85. The Kier molecular flexibility index (Phi) is 3.27. The largest absolute Gasteiger partial charge is 0.324 e. The Labute approximate surface area is 88.8 Å². The first-order chi connectivity index (χ1) is 6.20. The smallest absolute Gasteiger partial charge is 0.0226 e. The summed E-state index contributed by atoms with van der Waals surface area (Å²) in [6, 6.07) is 0.713. The van der Waals surface area contributed by atoms with Crippen LogP contribution in [0.5, 0.6) is 0 Å². The van der Waals surface area contributed by atoms with Crippen LogP contribution >= 0.6 is 0 Å². The zero-order valence-electron chi connectivity index (χ0n) is 10.4. The van der Waals surface area contributed by atoms with Crippen molar-refractivity contribution in [2.24, 2.45) is 11.1 Å². The van der Waals surface area contributed by atoms with E-state index in [0.29, 0.717) is 11.5 Å². The molecule has 1 atom stereocenters. The van der Waals surface area contributed by atoms with Crippen LogP contribution in [0.3, 0.4) is 0 Å². The molecule has 0 amide bonds. The lowest BCUT2D eigenvalue weighted by Gasteiger charge is -2.38. The molecule has 2 heteroatoms. The van der Waals surface area contributed by atoms with E-state index in [-0.39, 0.29) is 5.54 Å². The number of nitrogens with zero attached hydrogens (tertiary/aromatic N) is 1. The van der Waals surface area contributed by atoms with E-state index < -0.39 is 0 Å². The molecule has 0 bridgehead atoms. The van der Waals surface area contributed by atoms with Crippen molar-refractivity contribution in [1.82, 2.24) is 4.90 Å². The number of hydrogen-bond donors (Lipinski definition) is 1. The third-order valence-corrected chi connectivity index (χ3v) is 2.97. The predicted molar refractivity (Wildman–Crippen MR) is 62.3 cm³/mol. The van der Waals surface area contributed by atoms with E-state index in [9.17, 15) is 0 Å². The van der Waals surface area contributed by atoms with Crippen molar-refractivity contribution in [2.45, 2.75) is 59.0 Å². The van der Waals surface area contributed by atoms with E-state index in [1.807, 2.05) is 0 Å². The van der Waals surface area contributed by atoms with Crippen LogP contribution in [-0.4, -0.2) is 29.6 Å². The van der Waals surface area contributed by atoms with Gasteiger partial charge in [-0.05, 0) is 38.6 Å². The van der Waals surface area contributed by atoms with Crippen molar-refractivity contribution in [3.8, 4) is 0 Å². The van der Waals surface area contributed by atoms with E-state index in [1.54, 1.807) is 0 Å². The molecule has 84 valence electrons. The second-order valence-electron chi connectivity index (χ2n) is 6.48. The molecule has 1 saturated heterocycles. The van der Waals surface area contributed by atoms with Crippen molar-refractivity contribution < 1.29 is 0 Å². The molecular weight excluding hydrogens is 172 g/mol. The van der Waals surface area contributed by atoms with Gasteiger partial charge in [0.15, 0.2) is 0 Å². The van der Waals surface area contributed by atoms with Crippen LogP contribution in [0.1, 0.15) is 47.5 Å². The van der Waals surface area contributed by atoms with Crippen molar-refractivity contribution >= 4 is 0 Å². The number of nitrogens with two attached hydrogens (primary N) is 1. The van der Waals surface area contributed by atoms with Crippen LogP contribution in [0.4, 0.5) is 0 Å². The zero-order valence-corrected chi connectivity index (χ0v) is 10.4. The fraction of sp³-hybridized carbons (Fsp3) is 1.00. The maximum atomic E-state index is 6.08. The molecule has 1 heterocycles. The van der Waals surface area contributed by atoms with Crippen LogP contribution in [0.15, 0.2) is 0 Å². The molecule has 1 aliphatic heterocycles. The van der Waals surface area contributed by atoms with Crippen LogP contribution in [-0.2, 0) is 0 Å². The summed E-state index contributed by atoms with van der Waals surface area (Å²) in [5.74, 6) is 0. The Morgan fingerprint density at radius 2 is 1.79 bits per heavy atom. The second kappa shape index (κ2) is 3.82. The summed E-state index contributed by atoms with van der Waals surface area (Å²) in [5.41, 5.74) is 6.41. The Morgan fingerprint density at radius 3 is 2.21 bits per heavy atom. The van der Waals surface area contributed by atoms with Crippen LogP contribution in [0.2, 0.25) is 0 Å². The minimum Gasteiger partial charge on any atom is -0.324 e. The topological polar surface area (TPSA) is 29.3 Å². The predicted octanol–water partition coefficient (Wildman–Crippen LogP) is 2.23. The second-order valence-corrected chi connectivity index (χ2v) is 6.48. The fourth-order valence-corrected chi connectivity index (χ4v) is 2.52. The van der Waals surface area contributed by atoms with Gasteiger partial charge >= 0.3 is 0 Å². The van der Waals surface area contributed by atoms with Gasteiger partial charge in [0.05, 0.1) is 0 Å². The molecule has 0 radical (unpaired) electrons. The third-order valence-electron chi connectivity index (χ3n) is 2.97. The van der Waals surface area contributed by atoms with Gasteiger partial charge in [-0.1, -0.05) is 20.8 Å². The summed E-state index contributed by atoms with van der Waals surface area (Å²) >= 11 is 0. The van der Waals surface area contributed by atoms with Gasteiger partial charge in [-0.15, -0.1) is 0 Å². The third kappa shape index (κ3) is 3.25. The average Bonchev–Trinajstić information content (AvgIpc) is 2.29. The molecular formula is C12H26N2. The monoisotopic (exact) mass is 198 g/mol. The Morgan fingerprint density at radius 1 is 1.21 bits per heavy atom. The first kappa shape index (κ1) is 12.0. The van der Waals surface area contributed by atoms with E-state index in [4.69, 9.17) is 5.73 Å². The van der Waals surface area contributed by atoms with E-state index >= 15 is 0 Å². The van der Waals surface area contributed by atoms with E-state index in [0.717, 1.165) is 6.54 Å². The standard InChI is InChI=1S/C12H26N2/c1-11(2,3)10-7-6-8-14(10)9-12(4,5)13/h10H,6-9,13H2,1-5H3. The molecule has 0 spiro atoms. The normalized spacial score (nSPS) is 25.7. The SMILES string of the molecule is CC(C)(N)CN1CCCC1C(C)(C)C. The van der Waals surface area contributed by atoms with Crippen LogP contribution < -0.4 is 5.73 Å². The highest BCUT2D eigenvalue weighted by atomic mass is 15.2. The summed E-state index contributed by atoms with van der Waals surface area (Å²) < 4.78 is 0. The van der Waals surface area contributed by atoms with Gasteiger partial charge in [-0.3, -0.25) is 4.90 Å². The maximum Gasteiger partial charge on any atom is 0.0226 e. The van der Waals surface area contributed by atoms with E-state index in [1.165, 1.54) is 19.4 Å². The highest BCUT2D eigenvalue weighted by Gasteiger charge is 2.35. The van der Waals surface area contributed by atoms with E-state index in [2.05, 4.69) is 39.5 Å². The minimum absolute atomic E-state index is 0.0617. The number of likely N-dealkylation sites (tertiary alicyclic amines) is 1. The summed E-state index contributed by atoms with van der Waals surface area (Å²) in [6.45, 7) is 13.5. The molecule has 1 aliphatic rings. The van der Waals surface area contributed by atoms with Crippen molar-refractivity contribution in [2.75, 3.05) is 13.1 Å². The minimum atomic E-state index is -0.0617. The first-order valence-electron chi connectivity index (χ1n) is 5.73. The van der Waals surface area contributed by atoms with Crippen molar-refractivity contribution in [3.05, 3.63) is 0 Å². The average molecular weight is 198 g/mol. The molecule has 0 aromatic rings. The Bertz CT molecular complexity index is 185. The molecule has 1 unspecified atom stereocenters. The highest BCUT2D eigenvalue weighted by Crippen LogP contribution is 2.33. The number of rotatable bonds is 2. The molecule has 0 aromatic heterocycles. The lowest BCUT2D eigenvalue weighted by Crippen LogP contribution is -2.50. The number of hydrogen-bond acceptors (Lipinski definition) is 2. The Balaban J connectivity index is 2.61. The van der Waals surface area contributed by atoms with Gasteiger partial charge in [-0.2, -0.15) is 0 Å². The summed E-state index contributed by atoms with van der Waals surface area (Å²) in [5, 5.41) is 0. The molecule has 1 rings (SSSR count). The molecule has 0 aliphatic carbocycles. The molecule has 1 fully saturated rings. The van der Waals surface area contributed by atoms with Gasteiger partial charge in [-0.25, -0.2) is 0 Å². The van der Waals surface area contributed by atoms with Crippen molar-refractivity contribution in [1.29, 1.82) is 0 Å². The quantitative estimate of drug-likeness (QED) is 0.737. The van der Waals surface area contributed by atoms with Crippen LogP contribution in [0.25, 0.3) is 0 Å². The summed E-state index contributed by atoms with van der Waals surface area (Å²) in [6.07, 6.45) is 2.66. The summed E-state index contributed by atoms with van der Waals surface area (Å²) in [7, 11) is 0. The lowest BCUT2D eigenvalue weighted by molar-refractivity contribution is 0.121. The summed E-state index contributed by atoms with van der Waals surface area (Å²) in [4.78, 5) is 2.57. The molecule has 2 nitrogen and oxygen atoms in total. The van der Waals surface area contributed by atoms with Gasteiger partial charge in [0, 0.05) is 18.1 Å². The van der Waals surface area contributed by atoms with Gasteiger partial charge < -0.3 is 5.73 Å². The highest BCUT2D eigenvalue weighted by molar-refractivity contribution is 4.91. The molecule has 14 heavy (non-hydrogen) atoms. The van der Waals surface area contributed by atoms with Gasteiger partial charge in [0.1, 0.15) is 0 Å². The maximum absolute atomic E-state index is 6.08. The van der Waals surface area contributed by atoms with Crippen molar-refractivity contribution in [3.63, 3.8) is 0 Å². The molecule has 0 saturated carbocycles. The molecule has 2 N–H and O–H groups in total. The Hall–Kier alpha value is -0.0800. The van der Waals surface area contributed by atoms with Gasteiger partial charge in [0.2, 0.25) is 0 Å². The molecule has 0 aromatic carbocycles. The zero-order chi connectivity index (χ0) is 11.0.